The molecule has 0 radical (unpaired) electrons. The Hall–Kier alpha value is -2.07. The van der Waals surface area contributed by atoms with Crippen LogP contribution in [0.5, 0.6) is 0 Å². The quantitative estimate of drug-likeness (QED) is 0.601. The highest BCUT2D eigenvalue weighted by molar-refractivity contribution is 6.36. The van der Waals surface area contributed by atoms with Gasteiger partial charge in [-0.05, 0) is 48.0 Å². The van der Waals surface area contributed by atoms with Crippen LogP contribution in [0.1, 0.15) is 10.5 Å². The van der Waals surface area contributed by atoms with Gasteiger partial charge in [0.2, 0.25) is 0 Å². The number of rotatable bonds is 3. The minimum Gasteiger partial charge on any atom is -0.477 e. The second-order valence-electron chi connectivity index (χ2n) is 5.03. The molecule has 0 saturated carbocycles. The highest BCUT2D eigenvalue weighted by Crippen LogP contribution is 2.36. The fourth-order valence-corrected chi connectivity index (χ4v) is 2.95. The van der Waals surface area contributed by atoms with E-state index in [4.69, 9.17) is 34.8 Å². The van der Waals surface area contributed by atoms with Gasteiger partial charge in [0, 0.05) is 21.2 Å². The fraction of sp³-hybridized carbons (Fsp3) is 0. The molecule has 0 spiro atoms. The van der Waals surface area contributed by atoms with Crippen molar-refractivity contribution in [3.63, 3.8) is 0 Å². The van der Waals surface area contributed by atoms with E-state index in [2.05, 4.69) is 4.98 Å². The summed E-state index contributed by atoms with van der Waals surface area (Å²) in [5.74, 6) is -1.11. The van der Waals surface area contributed by atoms with Gasteiger partial charge in [0.05, 0.1) is 10.7 Å². The lowest BCUT2D eigenvalue weighted by atomic mass is 9.99. The normalized spacial score (nSPS) is 10.6. The highest BCUT2D eigenvalue weighted by Gasteiger charge is 2.16. The van der Waals surface area contributed by atoms with Crippen molar-refractivity contribution < 1.29 is 9.90 Å². The molecule has 0 aliphatic heterocycles. The number of nitrogens with zero attached hydrogens (tertiary/aromatic N) is 1. The van der Waals surface area contributed by atoms with Crippen molar-refractivity contribution in [2.45, 2.75) is 0 Å². The van der Waals surface area contributed by atoms with E-state index in [9.17, 15) is 9.90 Å². The molecule has 120 valence electrons. The maximum absolute atomic E-state index is 11.3. The Morgan fingerprint density at radius 3 is 2.08 bits per heavy atom. The molecule has 0 amide bonds. The van der Waals surface area contributed by atoms with Crippen LogP contribution < -0.4 is 0 Å². The number of aromatic carboxylic acids is 1. The van der Waals surface area contributed by atoms with Crippen LogP contribution in [-0.4, -0.2) is 16.1 Å². The van der Waals surface area contributed by atoms with Crippen molar-refractivity contribution in [2.24, 2.45) is 0 Å². The first-order chi connectivity index (χ1) is 11.5. The molecular formula is C18H10Cl3NO2. The van der Waals surface area contributed by atoms with Crippen LogP contribution >= 0.6 is 34.8 Å². The zero-order valence-corrected chi connectivity index (χ0v) is 14.4. The van der Waals surface area contributed by atoms with E-state index in [0.29, 0.717) is 26.3 Å². The van der Waals surface area contributed by atoms with Gasteiger partial charge in [-0.25, -0.2) is 9.78 Å². The van der Waals surface area contributed by atoms with Gasteiger partial charge in [0.15, 0.2) is 0 Å². The standard InChI is InChI=1S/C18H10Cl3NO2/c19-11-3-1-10(2-4-11)13-7-8-16(18(23)24)22-17(13)14-6-5-12(20)9-15(14)21/h1-9H,(H,23,24). The third-order valence-electron chi connectivity index (χ3n) is 3.46. The van der Waals surface area contributed by atoms with E-state index in [-0.39, 0.29) is 5.69 Å². The first-order valence-electron chi connectivity index (χ1n) is 6.91. The summed E-state index contributed by atoms with van der Waals surface area (Å²) in [6.07, 6.45) is 0. The van der Waals surface area contributed by atoms with Crippen molar-refractivity contribution in [3.8, 4) is 22.4 Å². The average Bonchev–Trinajstić information content (AvgIpc) is 2.55. The van der Waals surface area contributed by atoms with Crippen LogP contribution in [0.2, 0.25) is 15.1 Å². The summed E-state index contributed by atoms with van der Waals surface area (Å²) in [6, 6.07) is 15.4. The second-order valence-corrected chi connectivity index (χ2v) is 6.31. The third kappa shape index (κ3) is 3.39. The number of hydrogen-bond acceptors (Lipinski definition) is 2. The van der Waals surface area contributed by atoms with Gasteiger partial charge in [0.1, 0.15) is 5.69 Å². The number of pyridine rings is 1. The Morgan fingerprint density at radius 1 is 0.833 bits per heavy atom. The Kier molecular flexibility index (Phi) is 4.76. The lowest BCUT2D eigenvalue weighted by molar-refractivity contribution is 0.0690. The molecule has 0 saturated heterocycles. The van der Waals surface area contributed by atoms with Crippen molar-refractivity contribution in [1.82, 2.24) is 4.98 Å². The molecule has 2 aromatic carbocycles. The van der Waals surface area contributed by atoms with E-state index < -0.39 is 5.97 Å². The summed E-state index contributed by atoms with van der Waals surface area (Å²) < 4.78 is 0. The molecule has 6 heteroatoms. The van der Waals surface area contributed by atoms with E-state index in [0.717, 1.165) is 11.1 Å². The maximum Gasteiger partial charge on any atom is 0.354 e. The molecule has 0 fully saturated rings. The number of halogens is 3. The molecule has 0 atom stereocenters. The van der Waals surface area contributed by atoms with Crippen LogP contribution in [0.4, 0.5) is 0 Å². The predicted molar refractivity (Wildman–Crippen MR) is 97.1 cm³/mol. The largest absolute Gasteiger partial charge is 0.477 e. The van der Waals surface area contributed by atoms with Crippen molar-refractivity contribution in [1.29, 1.82) is 0 Å². The molecule has 24 heavy (non-hydrogen) atoms. The molecular weight excluding hydrogens is 369 g/mol. The highest BCUT2D eigenvalue weighted by atomic mass is 35.5. The Labute approximate surface area is 153 Å². The second kappa shape index (κ2) is 6.81. The van der Waals surface area contributed by atoms with E-state index in [1.807, 2.05) is 12.1 Å². The summed E-state index contributed by atoms with van der Waals surface area (Å²) in [4.78, 5) is 15.6. The van der Waals surface area contributed by atoms with Crippen molar-refractivity contribution in [3.05, 3.63) is 75.4 Å². The van der Waals surface area contributed by atoms with Crippen molar-refractivity contribution in [2.75, 3.05) is 0 Å². The van der Waals surface area contributed by atoms with E-state index in [1.165, 1.54) is 6.07 Å². The van der Waals surface area contributed by atoms with Crippen LogP contribution in [0.3, 0.4) is 0 Å². The van der Waals surface area contributed by atoms with Gasteiger partial charge in [-0.3, -0.25) is 0 Å². The average molecular weight is 379 g/mol. The first kappa shape index (κ1) is 16.8. The summed E-state index contributed by atoms with van der Waals surface area (Å²) in [5, 5.41) is 10.7. The molecule has 3 rings (SSSR count). The minimum absolute atomic E-state index is 0.0614. The van der Waals surface area contributed by atoms with Gasteiger partial charge in [-0.1, -0.05) is 46.9 Å². The van der Waals surface area contributed by atoms with Gasteiger partial charge in [0.25, 0.3) is 0 Å². The zero-order chi connectivity index (χ0) is 17.3. The SMILES string of the molecule is O=C(O)c1ccc(-c2ccc(Cl)cc2)c(-c2ccc(Cl)cc2Cl)n1. The van der Waals surface area contributed by atoms with Crippen LogP contribution in [0.25, 0.3) is 22.4 Å². The van der Waals surface area contributed by atoms with Gasteiger partial charge < -0.3 is 5.11 Å². The van der Waals surface area contributed by atoms with Gasteiger partial charge in [-0.2, -0.15) is 0 Å². The smallest absolute Gasteiger partial charge is 0.354 e. The van der Waals surface area contributed by atoms with E-state index >= 15 is 0 Å². The van der Waals surface area contributed by atoms with Crippen LogP contribution in [0.15, 0.2) is 54.6 Å². The number of aromatic nitrogens is 1. The third-order valence-corrected chi connectivity index (χ3v) is 4.26. The number of hydrogen-bond donors (Lipinski definition) is 1. The van der Waals surface area contributed by atoms with Crippen LogP contribution in [0, 0.1) is 0 Å². The maximum atomic E-state index is 11.3. The molecule has 0 aliphatic carbocycles. The Morgan fingerprint density at radius 2 is 1.46 bits per heavy atom. The summed E-state index contributed by atoms with van der Waals surface area (Å²) in [7, 11) is 0. The molecule has 0 unspecified atom stereocenters. The molecule has 1 heterocycles. The van der Waals surface area contributed by atoms with Crippen LogP contribution in [-0.2, 0) is 0 Å². The number of carboxylic acids is 1. The number of carboxylic acid groups (broad SMARTS) is 1. The fourth-order valence-electron chi connectivity index (χ4n) is 2.33. The number of carbonyl (C=O) groups is 1. The molecule has 1 aromatic heterocycles. The zero-order valence-electron chi connectivity index (χ0n) is 12.1. The molecule has 0 aliphatic rings. The minimum atomic E-state index is -1.11. The molecule has 0 bridgehead atoms. The lowest BCUT2D eigenvalue weighted by Crippen LogP contribution is -2.02. The monoisotopic (exact) mass is 377 g/mol. The lowest BCUT2D eigenvalue weighted by Gasteiger charge is -2.12. The molecule has 3 nitrogen and oxygen atoms in total. The Balaban J connectivity index is 2.26. The van der Waals surface area contributed by atoms with Gasteiger partial charge >= 0.3 is 5.97 Å². The summed E-state index contributed by atoms with van der Waals surface area (Å²) in [6.45, 7) is 0. The first-order valence-corrected chi connectivity index (χ1v) is 8.05. The number of benzene rings is 2. The molecule has 3 aromatic rings. The van der Waals surface area contributed by atoms with E-state index in [1.54, 1.807) is 36.4 Å². The Bertz CT molecular complexity index is 924. The summed E-state index contributed by atoms with van der Waals surface area (Å²) in [5.41, 5.74) is 2.62. The topological polar surface area (TPSA) is 50.2 Å². The predicted octanol–water partition coefficient (Wildman–Crippen LogP) is 6.07. The summed E-state index contributed by atoms with van der Waals surface area (Å²) >= 11 is 18.2. The molecule has 1 N–H and O–H groups in total. The van der Waals surface area contributed by atoms with Crippen molar-refractivity contribution >= 4 is 40.8 Å². The van der Waals surface area contributed by atoms with Gasteiger partial charge in [-0.15, -0.1) is 0 Å².